The zero-order valence-corrected chi connectivity index (χ0v) is 23.9. The summed E-state index contributed by atoms with van der Waals surface area (Å²) in [6.07, 6.45) is 5.46. The van der Waals surface area contributed by atoms with E-state index < -0.39 is 23.5 Å². The highest BCUT2D eigenvalue weighted by Gasteiger charge is 2.50. The Morgan fingerprint density at radius 3 is 2.35 bits per heavy atom. The zero-order valence-electron chi connectivity index (χ0n) is 23.9. The number of aromatic hydroxyl groups is 1. The highest BCUT2D eigenvalue weighted by Crippen LogP contribution is 2.37. The van der Waals surface area contributed by atoms with Gasteiger partial charge in [0.15, 0.2) is 11.6 Å². The molecule has 2 aliphatic heterocycles. The van der Waals surface area contributed by atoms with Crippen molar-refractivity contribution in [2.45, 2.75) is 76.9 Å². The molecule has 4 atom stereocenters. The first-order valence-corrected chi connectivity index (χ1v) is 14.7. The quantitative estimate of drug-likeness (QED) is 0.316. The topological polar surface area (TPSA) is 126 Å². The minimum atomic E-state index is -0.847. The molecule has 2 N–H and O–H groups in total. The van der Waals surface area contributed by atoms with Crippen LogP contribution in [-0.2, 0) is 35.1 Å². The van der Waals surface area contributed by atoms with E-state index in [4.69, 9.17) is 9.47 Å². The molecule has 9 nitrogen and oxygen atoms in total. The van der Waals surface area contributed by atoms with Crippen molar-refractivity contribution in [1.29, 1.82) is 0 Å². The third-order valence-corrected chi connectivity index (χ3v) is 8.58. The van der Waals surface area contributed by atoms with E-state index >= 15 is 0 Å². The van der Waals surface area contributed by atoms with Crippen molar-refractivity contribution in [3.8, 4) is 5.75 Å². The maximum Gasteiger partial charge on any atom is 0.223 e. The molecule has 220 valence electrons. The molecule has 9 heteroatoms. The number of morpholine rings is 1. The van der Waals surface area contributed by atoms with E-state index in [9.17, 15) is 24.3 Å². The van der Waals surface area contributed by atoms with E-state index in [1.165, 1.54) is 0 Å². The Balaban J connectivity index is 1.42. The van der Waals surface area contributed by atoms with Crippen molar-refractivity contribution in [2.75, 3.05) is 39.5 Å². The summed E-state index contributed by atoms with van der Waals surface area (Å²) in [5.41, 5.74) is -0.0297. The molecule has 1 aromatic rings. The molecule has 40 heavy (non-hydrogen) atoms. The number of carbonyl (C=O) groups excluding carboxylic acids is 4. The molecule has 3 fully saturated rings. The van der Waals surface area contributed by atoms with E-state index in [0.717, 1.165) is 31.2 Å². The number of benzene rings is 1. The van der Waals surface area contributed by atoms with Crippen LogP contribution in [0.1, 0.15) is 64.4 Å². The van der Waals surface area contributed by atoms with Crippen LogP contribution in [0.25, 0.3) is 0 Å². The molecule has 2 saturated heterocycles. The average molecular weight is 557 g/mol. The van der Waals surface area contributed by atoms with E-state index in [0.29, 0.717) is 45.2 Å². The van der Waals surface area contributed by atoms with Crippen molar-refractivity contribution < 1.29 is 33.8 Å². The van der Waals surface area contributed by atoms with E-state index in [1.54, 1.807) is 38.1 Å². The van der Waals surface area contributed by atoms with Gasteiger partial charge in [-0.1, -0.05) is 44.7 Å². The van der Waals surface area contributed by atoms with Gasteiger partial charge in [-0.05, 0) is 43.4 Å². The molecule has 1 saturated carbocycles. The Morgan fingerprint density at radius 1 is 1.07 bits per heavy atom. The lowest BCUT2D eigenvalue weighted by atomic mass is 9.81. The summed E-state index contributed by atoms with van der Waals surface area (Å²) in [6.45, 7) is 6.73. The molecule has 1 aromatic carbocycles. The monoisotopic (exact) mass is 556 g/mol. The van der Waals surface area contributed by atoms with Gasteiger partial charge in [-0.25, -0.2) is 0 Å². The molecule has 4 rings (SSSR count). The fourth-order valence-electron chi connectivity index (χ4n) is 5.93. The van der Waals surface area contributed by atoms with Gasteiger partial charge < -0.3 is 19.9 Å². The zero-order chi connectivity index (χ0) is 28.7. The Kier molecular flexibility index (Phi) is 10.5. The Hall–Kier alpha value is -2.62. The first-order chi connectivity index (χ1) is 19.1. The summed E-state index contributed by atoms with van der Waals surface area (Å²) in [6, 6.07) is 5.68. The van der Waals surface area contributed by atoms with Crippen LogP contribution in [0.4, 0.5) is 0 Å². The maximum atomic E-state index is 13.8. The first kappa shape index (κ1) is 30.3. The average Bonchev–Trinajstić information content (AvgIpc) is 3.47. The van der Waals surface area contributed by atoms with Crippen LogP contribution in [0.5, 0.6) is 5.75 Å². The molecule has 0 unspecified atom stereocenters. The second-order valence-electron chi connectivity index (χ2n) is 12.1. The number of carbonyl (C=O) groups is 4. The fraction of sp³-hybridized carbons (Fsp3) is 0.677. The second-order valence-corrected chi connectivity index (χ2v) is 12.1. The Bertz CT molecular complexity index is 1040. The first-order valence-electron chi connectivity index (χ1n) is 14.7. The van der Waals surface area contributed by atoms with Gasteiger partial charge in [0, 0.05) is 37.8 Å². The van der Waals surface area contributed by atoms with E-state index in [2.05, 4.69) is 5.32 Å². The number of phenolic OH excluding ortho intramolecular Hbond substituents is 1. The van der Waals surface area contributed by atoms with Gasteiger partial charge >= 0.3 is 0 Å². The van der Waals surface area contributed by atoms with Gasteiger partial charge in [0.25, 0.3) is 0 Å². The maximum absolute atomic E-state index is 13.8. The molecule has 1 amide bonds. The summed E-state index contributed by atoms with van der Waals surface area (Å²) in [7, 11) is 0. The lowest BCUT2D eigenvalue weighted by Gasteiger charge is -2.26. The van der Waals surface area contributed by atoms with Crippen LogP contribution < -0.4 is 5.32 Å². The number of epoxide rings is 1. The van der Waals surface area contributed by atoms with E-state index in [-0.39, 0.29) is 54.8 Å². The SMILES string of the molecule is C[C@H](CC(=O)CN1CCOCC1)C(=O)N[C@@H](Cc1ccc(O)cc1)C(=O)C[C@@H](CC1CCCC1)C(=O)[C@@]1(C)CO1. The van der Waals surface area contributed by atoms with Gasteiger partial charge in [-0.3, -0.25) is 24.1 Å². The Labute approximate surface area is 237 Å². The van der Waals surface area contributed by atoms with Crippen LogP contribution >= 0.6 is 0 Å². The second kappa shape index (κ2) is 13.8. The van der Waals surface area contributed by atoms with Gasteiger partial charge in [-0.15, -0.1) is 0 Å². The lowest BCUT2D eigenvalue weighted by molar-refractivity contribution is -0.134. The van der Waals surface area contributed by atoms with Gasteiger partial charge in [-0.2, -0.15) is 0 Å². The van der Waals surface area contributed by atoms with Crippen molar-refractivity contribution in [2.24, 2.45) is 17.8 Å². The summed E-state index contributed by atoms with van der Waals surface area (Å²) >= 11 is 0. The van der Waals surface area contributed by atoms with E-state index in [1.807, 2.05) is 4.90 Å². The highest BCUT2D eigenvalue weighted by molar-refractivity contribution is 5.97. The molecule has 0 bridgehead atoms. The normalized spacial score (nSPS) is 23.8. The number of rotatable bonds is 15. The number of hydrogen-bond donors (Lipinski definition) is 2. The summed E-state index contributed by atoms with van der Waals surface area (Å²) in [4.78, 5) is 55.0. The van der Waals surface area contributed by atoms with Crippen LogP contribution in [0, 0.1) is 17.8 Å². The number of nitrogens with zero attached hydrogens (tertiary/aromatic N) is 1. The molecular formula is C31H44N2O7. The van der Waals surface area contributed by atoms with Crippen molar-refractivity contribution in [3.63, 3.8) is 0 Å². The summed E-state index contributed by atoms with van der Waals surface area (Å²) in [5.74, 6) is -1.12. The molecular weight excluding hydrogens is 512 g/mol. The standard InChI is InChI=1S/C31H44N2O7/c1-21(15-26(35)19-33-11-13-39-14-12-33)30(38)32-27(17-23-7-9-25(34)10-8-23)28(36)18-24(16-22-5-3-4-6-22)29(37)31(2)20-40-31/h7-10,21-22,24,27,34H,3-6,11-20H2,1-2H3,(H,32,38)/t21-,24-,27+,31-/m1/s1. The largest absolute Gasteiger partial charge is 0.508 e. The number of nitrogens with one attached hydrogen (secondary N) is 1. The molecule has 2 heterocycles. The summed E-state index contributed by atoms with van der Waals surface area (Å²) < 4.78 is 10.8. The Morgan fingerprint density at radius 2 is 1.73 bits per heavy atom. The third-order valence-electron chi connectivity index (χ3n) is 8.58. The highest BCUT2D eigenvalue weighted by atomic mass is 16.6. The van der Waals surface area contributed by atoms with Crippen LogP contribution in [-0.4, -0.2) is 84.4 Å². The number of hydrogen-bond acceptors (Lipinski definition) is 8. The molecule has 1 aliphatic carbocycles. The van der Waals surface area contributed by atoms with Crippen LogP contribution in [0.15, 0.2) is 24.3 Å². The number of phenols is 1. The van der Waals surface area contributed by atoms with Crippen molar-refractivity contribution in [3.05, 3.63) is 29.8 Å². The van der Waals surface area contributed by atoms with Crippen molar-refractivity contribution in [1.82, 2.24) is 10.2 Å². The predicted octanol–water partition coefficient (Wildman–Crippen LogP) is 2.86. The molecule has 0 radical (unpaired) electrons. The number of amides is 1. The number of Topliss-reactive ketones (excluding diaryl/α,β-unsaturated/α-hetero) is 3. The molecule has 0 spiro atoms. The molecule has 0 aromatic heterocycles. The summed E-state index contributed by atoms with van der Waals surface area (Å²) in [5, 5.41) is 12.6. The predicted molar refractivity (Wildman–Crippen MR) is 149 cm³/mol. The minimum absolute atomic E-state index is 0.0223. The fourth-order valence-corrected chi connectivity index (χ4v) is 5.93. The lowest BCUT2D eigenvalue weighted by Crippen LogP contribution is -2.46. The smallest absolute Gasteiger partial charge is 0.223 e. The van der Waals surface area contributed by atoms with Crippen molar-refractivity contribution >= 4 is 23.3 Å². The third kappa shape index (κ3) is 8.69. The molecule has 3 aliphatic rings. The number of ketones is 3. The van der Waals surface area contributed by atoms with Gasteiger partial charge in [0.1, 0.15) is 17.1 Å². The minimum Gasteiger partial charge on any atom is -0.508 e. The van der Waals surface area contributed by atoms with Gasteiger partial charge in [0.2, 0.25) is 5.91 Å². The van der Waals surface area contributed by atoms with Gasteiger partial charge in [0.05, 0.1) is 32.4 Å². The van der Waals surface area contributed by atoms with Crippen LogP contribution in [0.3, 0.4) is 0 Å². The van der Waals surface area contributed by atoms with Crippen LogP contribution in [0.2, 0.25) is 0 Å². The number of ether oxygens (including phenoxy) is 2.